The van der Waals surface area contributed by atoms with Gasteiger partial charge in [-0.15, -0.1) is 0 Å². The van der Waals surface area contributed by atoms with Crippen molar-refractivity contribution in [1.29, 1.82) is 0 Å². The first-order chi connectivity index (χ1) is 13.7. The summed E-state index contributed by atoms with van der Waals surface area (Å²) in [7, 11) is 2.00. The van der Waals surface area contributed by atoms with Gasteiger partial charge in [0.1, 0.15) is 5.54 Å². The van der Waals surface area contributed by atoms with Crippen LogP contribution in [0.5, 0.6) is 0 Å². The van der Waals surface area contributed by atoms with Gasteiger partial charge in [0.25, 0.3) is 5.91 Å². The summed E-state index contributed by atoms with van der Waals surface area (Å²) in [6.07, 6.45) is 9.35. The quantitative estimate of drug-likeness (QED) is 0.761. The molecule has 0 saturated heterocycles. The molecule has 1 amide bonds. The van der Waals surface area contributed by atoms with Gasteiger partial charge in [-0.05, 0) is 48.9 Å². The molecule has 1 aromatic carbocycles. The first kappa shape index (κ1) is 21.4. The van der Waals surface area contributed by atoms with Crippen LogP contribution in [0.1, 0.15) is 70.9 Å². The molecule has 1 saturated carbocycles. The number of carbonyl (C=O) groups excluding carboxylic acids is 1. The number of hydrogen-bond acceptors (Lipinski definition) is 3. The number of pyridine rings is 1. The number of rotatable bonds is 5. The third-order valence-electron chi connectivity index (χ3n) is 6.40. The first-order valence-electron chi connectivity index (χ1n) is 10.8. The maximum Gasteiger partial charge on any atom is 0.250 e. The Bertz CT molecular complexity index is 804. The van der Waals surface area contributed by atoms with E-state index in [0.717, 1.165) is 24.1 Å². The van der Waals surface area contributed by atoms with E-state index in [2.05, 4.69) is 60.2 Å². The van der Waals surface area contributed by atoms with Crippen molar-refractivity contribution >= 4 is 11.6 Å². The van der Waals surface area contributed by atoms with Crippen LogP contribution in [0.25, 0.3) is 0 Å². The van der Waals surface area contributed by atoms with Crippen LogP contribution in [-0.4, -0.2) is 24.0 Å². The van der Waals surface area contributed by atoms with E-state index in [9.17, 15) is 4.79 Å². The van der Waals surface area contributed by atoms with Gasteiger partial charge in [0.15, 0.2) is 0 Å². The zero-order chi connectivity index (χ0) is 21.1. The molecular formula is C25H35N3O. The summed E-state index contributed by atoms with van der Waals surface area (Å²) >= 11 is 0. The molecule has 2 aromatic rings. The lowest BCUT2D eigenvalue weighted by atomic mass is 9.86. The Hall–Kier alpha value is -2.36. The highest BCUT2D eigenvalue weighted by Gasteiger charge is 2.41. The largest absolute Gasteiger partial charge is 0.357 e. The SMILES string of the molecule is CN(c1ccc(C(C)(C)C)cc1)C(C)(C(=O)NC1CCCCC1)c1cccnc1. The van der Waals surface area contributed by atoms with Gasteiger partial charge in [0.05, 0.1) is 0 Å². The summed E-state index contributed by atoms with van der Waals surface area (Å²) in [5.41, 5.74) is 2.46. The molecule has 0 aliphatic heterocycles. The Kier molecular flexibility index (Phi) is 6.30. The summed E-state index contributed by atoms with van der Waals surface area (Å²) < 4.78 is 0. The third-order valence-corrected chi connectivity index (χ3v) is 6.40. The van der Waals surface area contributed by atoms with Crippen molar-refractivity contribution in [3.8, 4) is 0 Å². The Morgan fingerprint density at radius 1 is 1.00 bits per heavy atom. The molecule has 1 aliphatic carbocycles. The average molecular weight is 394 g/mol. The van der Waals surface area contributed by atoms with E-state index < -0.39 is 5.54 Å². The monoisotopic (exact) mass is 393 g/mol. The van der Waals surface area contributed by atoms with Crippen molar-refractivity contribution in [3.05, 3.63) is 59.9 Å². The standard InChI is InChI=1S/C25H35N3O/c1-24(2,3)19-13-15-22(16-14-19)28(5)25(4,20-10-9-17-26-18-20)23(29)27-21-11-7-6-8-12-21/h9-10,13-18,21H,6-8,11-12H2,1-5H3,(H,27,29). The van der Waals surface area contributed by atoms with Gasteiger partial charge in [-0.3, -0.25) is 9.78 Å². The predicted molar refractivity (Wildman–Crippen MR) is 120 cm³/mol. The Morgan fingerprint density at radius 2 is 1.66 bits per heavy atom. The molecule has 1 atom stereocenters. The Balaban J connectivity index is 1.93. The van der Waals surface area contributed by atoms with Gasteiger partial charge in [-0.25, -0.2) is 0 Å². The summed E-state index contributed by atoms with van der Waals surface area (Å²) in [6, 6.07) is 12.7. The van der Waals surface area contributed by atoms with Crippen LogP contribution in [0, 0.1) is 0 Å². The second-order valence-corrected chi connectivity index (χ2v) is 9.48. The van der Waals surface area contributed by atoms with E-state index in [4.69, 9.17) is 0 Å². The van der Waals surface area contributed by atoms with E-state index in [1.165, 1.54) is 24.8 Å². The molecule has 4 nitrogen and oxygen atoms in total. The van der Waals surface area contributed by atoms with Gasteiger partial charge in [-0.2, -0.15) is 0 Å². The summed E-state index contributed by atoms with van der Waals surface area (Å²) in [6.45, 7) is 8.63. The number of aromatic nitrogens is 1. The number of hydrogen-bond donors (Lipinski definition) is 1. The second-order valence-electron chi connectivity index (χ2n) is 9.48. The normalized spacial score (nSPS) is 17.4. The fraction of sp³-hybridized carbons (Fsp3) is 0.520. The lowest BCUT2D eigenvalue weighted by Gasteiger charge is -2.40. The van der Waals surface area contributed by atoms with Crippen LogP contribution in [-0.2, 0) is 15.7 Å². The minimum absolute atomic E-state index is 0.0415. The molecule has 1 unspecified atom stereocenters. The first-order valence-corrected chi connectivity index (χ1v) is 10.8. The molecule has 1 fully saturated rings. The third kappa shape index (κ3) is 4.63. The van der Waals surface area contributed by atoms with Gasteiger partial charge < -0.3 is 10.2 Å². The van der Waals surface area contributed by atoms with Crippen LogP contribution in [0.3, 0.4) is 0 Å². The highest BCUT2D eigenvalue weighted by molar-refractivity contribution is 5.91. The van der Waals surface area contributed by atoms with Crippen molar-refractivity contribution in [3.63, 3.8) is 0 Å². The van der Waals surface area contributed by atoms with Crippen LogP contribution in [0.4, 0.5) is 5.69 Å². The number of amides is 1. The summed E-state index contributed by atoms with van der Waals surface area (Å²) in [5.74, 6) is 0.0415. The number of anilines is 1. The smallest absolute Gasteiger partial charge is 0.250 e. The topological polar surface area (TPSA) is 45.2 Å². The zero-order valence-corrected chi connectivity index (χ0v) is 18.5. The van der Waals surface area contributed by atoms with Gasteiger partial charge in [0.2, 0.25) is 0 Å². The second kappa shape index (κ2) is 8.56. The van der Waals surface area contributed by atoms with Crippen LogP contribution in [0.2, 0.25) is 0 Å². The Labute approximate surface area is 175 Å². The molecule has 1 N–H and O–H groups in total. The zero-order valence-electron chi connectivity index (χ0n) is 18.5. The van der Waals surface area contributed by atoms with Crippen molar-refractivity contribution in [1.82, 2.24) is 10.3 Å². The van der Waals surface area contributed by atoms with Crippen molar-refractivity contribution in [2.75, 3.05) is 11.9 Å². The fourth-order valence-electron chi connectivity index (χ4n) is 4.14. The van der Waals surface area contributed by atoms with Crippen molar-refractivity contribution < 1.29 is 4.79 Å². The summed E-state index contributed by atoms with van der Waals surface area (Å²) in [4.78, 5) is 20.0. The molecular weight excluding hydrogens is 358 g/mol. The van der Waals surface area contributed by atoms with Crippen molar-refractivity contribution in [2.45, 2.75) is 76.8 Å². The van der Waals surface area contributed by atoms with E-state index >= 15 is 0 Å². The lowest BCUT2D eigenvalue weighted by molar-refractivity contribution is -0.127. The predicted octanol–water partition coefficient (Wildman–Crippen LogP) is 5.18. The van der Waals surface area contributed by atoms with E-state index in [-0.39, 0.29) is 17.4 Å². The maximum absolute atomic E-state index is 13.6. The average Bonchev–Trinajstić information content (AvgIpc) is 2.73. The minimum Gasteiger partial charge on any atom is -0.357 e. The van der Waals surface area contributed by atoms with Crippen molar-refractivity contribution in [2.24, 2.45) is 0 Å². The fourth-order valence-corrected chi connectivity index (χ4v) is 4.14. The number of carbonyl (C=O) groups is 1. The number of nitrogens with zero attached hydrogens (tertiary/aromatic N) is 2. The number of likely N-dealkylation sites (N-methyl/N-ethyl adjacent to an activating group) is 1. The highest BCUT2D eigenvalue weighted by Crippen LogP contribution is 2.34. The molecule has 1 aliphatic rings. The molecule has 29 heavy (non-hydrogen) atoms. The van der Waals surface area contributed by atoms with E-state index in [0.29, 0.717) is 0 Å². The molecule has 0 spiro atoms. The lowest BCUT2D eigenvalue weighted by Crippen LogP contribution is -2.55. The molecule has 156 valence electrons. The summed E-state index contributed by atoms with van der Waals surface area (Å²) in [5, 5.41) is 3.34. The molecule has 3 rings (SSSR count). The van der Waals surface area contributed by atoms with Gasteiger partial charge in [0, 0.05) is 36.7 Å². The van der Waals surface area contributed by atoms with E-state index in [1.54, 1.807) is 12.4 Å². The van der Waals surface area contributed by atoms with Crippen LogP contribution >= 0.6 is 0 Å². The molecule has 0 bridgehead atoms. The van der Waals surface area contributed by atoms with Gasteiger partial charge >= 0.3 is 0 Å². The molecule has 1 heterocycles. The molecule has 1 aromatic heterocycles. The van der Waals surface area contributed by atoms with Crippen LogP contribution < -0.4 is 10.2 Å². The molecule has 0 radical (unpaired) electrons. The van der Waals surface area contributed by atoms with E-state index in [1.807, 2.05) is 26.1 Å². The van der Waals surface area contributed by atoms with Crippen LogP contribution in [0.15, 0.2) is 48.8 Å². The molecule has 4 heteroatoms. The number of nitrogens with one attached hydrogen (secondary N) is 1. The minimum atomic E-state index is -0.838. The Morgan fingerprint density at radius 3 is 2.21 bits per heavy atom. The van der Waals surface area contributed by atoms with Gasteiger partial charge in [-0.1, -0.05) is 58.2 Å². The number of benzene rings is 1. The maximum atomic E-state index is 13.6. The highest BCUT2D eigenvalue weighted by atomic mass is 16.2.